The van der Waals surface area contributed by atoms with Gasteiger partial charge >= 0.3 is 0 Å². The average molecular weight is 488 g/mol. The third-order valence-electron chi connectivity index (χ3n) is 5.10. The van der Waals surface area contributed by atoms with Gasteiger partial charge in [0.05, 0.1) is 11.4 Å². The fraction of sp³-hybridized carbons (Fsp3) is 0.130. The maximum Gasteiger partial charge on any atom is 0.293 e. The highest BCUT2D eigenvalue weighted by Gasteiger charge is 2.36. The van der Waals surface area contributed by atoms with Crippen molar-refractivity contribution in [2.24, 2.45) is 0 Å². The number of imide groups is 1. The topological polar surface area (TPSA) is 69.0 Å². The summed E-state index contributed by atoms with van der Waals surface area (Å²) < 4.78 is 16.5. The standard InChI is InChI=1S/C23H15Cl2NO5S/c1-12-2-3-13(6-16(12)24)18-5-4-15(31-18)8-21-22(27)26(23(28)32-21)10-14-7-19-20(9-17(14)25)30-11-29-19/h2-9H,10-11H2,1H3. The molecule has 6 nitrogen and oxygen atoms in total. The molecule has 0 saturated carbocycles. The molecule has 0 spiro atoms. The Morgan fingerprint density at radius 1 is 1.03 bits per heavy atom. The van der Waals surface area contributed by atoms with E-state index in [0.717, 1.165) is 27.8 Å². The van der Waals surface area contributed by atoms with Crippen LogP contribution in [0.1, 0.15) is 16.9 Å². The summed E-state index contributed by atoms with van der Waals surface area (Å²) in [6, 6.07) is 12.5. The number of hydrogen-bond donors (Lipinski definition) is 0. The number of aryl methyl sites for hydroxylation is 1. The number of furan rings is 1. The Kier molecular flexibility index (Phi) is 5.41. The van der Waals surface area contributed by atoms with Crippen LogP contribution in [0.5, 0.6) is 11.5 Å². The summed E-state index contributed by atoms with van der Waals surface area (Å²) in [5.74, 6) is 1.74. The number of thioether (sulfide) groups is 1. The van der Waals surface area contributed by atoms with E-state index in [9.17, 15) is 9.59 Å². The van der Waals surface area contributed by atoms with Crippen molar-refractivity contribution in [3.63, 3.8) is 0 Å². The van der Waals surface area contributed by atoms with Crippen LogP contribution in [0, 0.1) is 6.92 Å². The van der Waals surface area contributed by atoms with E-state index in [4.69, 9.17) is 37.1 Å². The third kappa shape index (κ3) is 3.88. The fourth-order valence-corrected chi connectivity index (χ4v) is 4.56. The number of benzene rings is 2. The minimum atomic E-state index is -0.412. The lowest BCUT2D eigenvalue weighted by molar-refractivity contribution is -0.123. The van der Waals surface area contributed by atoms with Gasteiger partial charge < -0.3 is 13.9 Å². The highest BCUT2D eigenvalue weighted by Crippen LogP contribution is 2.39. The molecule has 9 heteroatoms. The van der Waals surface area contributed by atoms with Crippen molar-refractivity contribution in [1.82, 2.24) is 4.90 Å². The molecule has 3 aromatic rings. The smallest absolute Gasteiger partial charge is 0.293 e. The Hall–Kier alpha value is -2.87. The summed E-state index contributed by atoms with van der Waals surface area (Å²) in [5, 5.41) is 0.653. The van der Waals surface area contributed by atoms with Gasteiger partial charge in [-0.1, -0.05) is 35.3 Å². The first-order chi connectivity index (χ1) is 15.4. The maximum absolute atomic E-state index is 12.9. The largest absolute Gasteiger partial charge is 0.457 e. The zero-order chi connectivity index (χ0) is 22.4. The second kappa shape index (κ2) is 8.24. The van der Waals surface area contributed by atoms with Crippen LogP contribution in [0.15, 0.2) is 51.8 Å². The van der Waals surface area contributed by atoms with Gasteiger partial charge in [0.15, 0.2) is 11.5 Å². The Bertz CT molecular complexity index is 1300. The van der Waals surface area contributed by atoms with Gasteiger partial charge in [0.25, 0.3) is 11.1 Å². The van der Waals surface area contributed by atoms with Crippen LogP contribution < -0.4 is 9.47 Å². The molecule has 2 aliphatic heterocycles. The van der Waals surface area contributed by atoms with Crippen molar-refractivity contribution >= 4 is 52.2 Å². The molecule has 1 fully saturated rings. The lowest BCUT2D eigenvalue weighted by Gasteiger charge is -2.14. The van der Waals surface area contributed by atoms with E-state index in [1.807, 2.05) is 25.1 Å². The van der Waals surface area contributed by atoms with Gasteiger partial charge in [0.1, 0.15) is 11.5 Å². The van der Waals surface area contributed by atoms with E-state index in [0.29, 0.717) is 38.6 Å². The zero-order valence-electron chi connectivity index (χ0n) is 16.7. The summed E-state index contributed by atoms with van der Waals surface area (Å²) in [4.78, 5) is 26.8. The van der Waals surface area contributed by atoms with Gasteiger partial charge in [-0.25, -0.2) is 0 Å². The quantitative estimate of drug-likeness (QED) is 0.389. The van der Waals surface area contributed by atoms with Gasteiger partial charge in [-0.3, -0.25) is 14.5 Å². The molecule has 3 heterocycles. The number of carbonyl (C=O) groups excluding carboxylic acids is 2. The van der Waals surface area contributed by atoms with E-state index in [1.165, 1.54) is 0 Å². The van der Waals surface area contributed by atoms with Crippen molar-refractivity contribution in [3.8, 4) is 22.8 Å². The minimum Gasteiger partial charge on any atom is -0.457 e. The highest BCUT2D eigenvalue weighted by atomic mass is 35.5. The Morgan fingerprint density at radius 3 is 2.59 bits per heavy atom. The summed E-state index contributed by atoms with van der Waals surface area (Å²) in [7, 11) is 0. The first-order valence-corrected chi connectivity index (χ1v) is 11.2. The molecule has 32 heavy (non-hydrogen) atoms. The number of halogens is 2. The average Bonchev–Trinajstić information content (AvgIpc) is 3.47. The second-order valence-electron chi connectivity index (χ2n) is 7.23. The number of amides is 2. The molecule has 2 aromatic carbocycles. The summed E-state index contributed by atoms with van der Waals surface area (Å²) >= 11 is 13.4. The highest BCUT2D eigenvalue weighted by molar-refractivity contribution is 8.18. The molecule has 5 rings (SSSR count). The summed E-state index contributed by atoms with van der Waals surface area (Å²) in [6.45, 7) is 2.06. The van der Waals surface area contributed by atoms with Crippen LogP contribution in [0.4, 0.5) is 4.79 Å². The van der Waals surface area contributed by atoms with Crippen LogP contribution in [0.2, 0.25) is 10.0 Å². The normalized spacial score (nSPS) is 16.5. The second-order valence-corrected chi connectivity index (χ2v) is 9.04. The molecule has 1 saturated heterocycles. The van der Waals surface area contributed by atoms with E-state index < -0.39 is 5.91 Å². The molecule has 2 amide bonds. The van der Waals surface area contributed by atoms with Crippen molar-refractivity contribution < 1.29 is 23.5 Å². The van der Waals surface area contributed by atoms with E-state index >= 15 is 0 Å². The molecule has 0 radical (unpaired) electrons. The van der Waals surface area contributed by atoms with Crippen LogP contribution >= 0.6 is 35.0 Å². The maximum atomic E-state index is 12.9. The monoisotopic (exact) mass is 487 g/mol. The SMILES string of the molecule is Cc1ccc(-c2ccc(C=C3SC(=O)N(Cc4cc5c(cc4Cl)OCO5)C3=O)o2)cc1Cl. The molecule has 1 aromatic heterocycles. The number of ether oxygens (including phenoxy) is 2. The van der Waals surface area contributed by atoms with E-state index in [-0.39, 0.29) is 23.5 Å². The summed E-state index contributed by atoms with van der Waals surface area (Å²) in [6.07, 6.45) is 1.56. The van der Waals surface area contributed by atoms with Gasteiger partial charge in [-0.15, -0.1) is 0 Å². The fourth-order valence-electron chi connectivity index (χ4n) is 3.35. The van der Waals surface area contributed by atoms with Crippen molar-refractivity contribution in [3.05, 3.63) is 74.3 Å². The lowest BCUT2D eigenvalue weighted by atomic mass is 10.1. The molecule has 0 unspecified atom stereocenters. The lowest BCUT2D eigenvalue weighted by Crippen LogP contribution is -2.27. The van der Waals surface area contributed by atoms with Gasteiger partial charge in [-0.05, 0) is 54.1 Å². The van der Waals surface area contributed by atoms with Crippen LogP contribution in [-0.2, 0) is 11.3 Å². The molecular formula is C23H15Cl2NO5S. The van der Waals surface area contributed by atoms with Gasteiger partial charge in [0, 0.05) is 27.8 Å². The number of hydrogen-bond acceptors (Lipinski definition) is 6. The minimum absolute atomic E-state index is 0.0305. The third-order valence-corrected chi connectivity index (χ3v) is 6.77. The first-order valence-electron chi connectivity index (χ1n) is 9.59. The van der Waals surface area contributed by atoms with Gasteiger partial charge in [-0.2, -0.15) is 0 Å². The molecule has 162 valence electrons. The van der Waals surface area contributed by atoms with E-state index in [2.05, 4.69) is 0 Å². The summed E-state index contributed by atoms with van der Waals surface area (Å²) in [5.41, 5.74) is 2.39. The number of rotatable bonds is 4. The number of nitrogens with zero attached hydrogens (tertiary/aromatic N) is 1. The van der Waals surface area contributed by atoms with Crippen LogP contribution in [0.3, 0.4) is 0 Å². The van der Waals surface area contributed by atoms with Crippen LogP contribution in [0.25, 0.3) is 17.4 Å². The van der Waals surface area contributed by atoms with Crippen molar-refractivity contribution in [1.29, 1.82) is 0 Å². The molecule has 2 aliphatic rings. The molecule has 0 atom stereocenters. The molecule has 0 N–H and O–H groups in total. The zero-order valence-corrected chi connectivity index (χ0v) is 19.0. The first kappa shape index (κ1) is 21.0. The Labute approximate surface area is 197 Å². The molecule has 0 bridgehead atoms. The van der Waals surface area contributed by atoms with Crippen LogP contribution in [-0.4, -0.2) is 22.8 Å². The number of carbonyl (C=O) groups is 2. The predicted octanol–water partition coefficient (Wildman–Crippen LogP) is 6.53. The number of fused-ring (bicyclic) bond motifs is 1. The predicted molar refractivity (Wildman–Crippen MR) is 123 cm³/mol. The van der Waals surface area contributed by atoms with Crippen molar-refractivity contribution in [2.75, 3.05) is 6.79 Å². The Morgan fingerprint density at radius 2 is 1.81 bits per heavy atom. The Balaban J connectivity index is 1.36. The molecule has 0 aliphatic carbocycles. The molecular weight excluding hydrogens is 473 g/mol. The van der Waals surface area contributed by atoms with Crippen molar-refractivity contribution in [2.45, 2.75) is 13.5 Å². The van der Waals surface area contributed by atoms with Gasteiger partial charge in [0.2, 0.25) is 6.79 Å². The van der Waals surface area contributed by atoms with E-state index in [1.54, 1.807) is 30.3 Å².